The van der Waals surface area contributed by atoms with Gasteiger partial charge in [-0.05, 0) is 59.3 Å². The van der Waals surface area contributed by atoms with Gasteiger partial charge in [0.25, 0.3) is 0 Å². The minimum atomic E-state index is -0.464. The highest BCUT2D eigenvalue weighted by Gasteiger charge is 2.37. The lowest BCUT2D eigenvalue weighted by atomic mass is 9.90. The number of piperidine rings is 1. The van der Waals surface area contributed by atoms with Gasteiger partial charge in [-0.3, -0.25) is 0 Å². The Labute approximate surface area is 135 Å². The van der Waals surface area contributed by atoms with E-state index in [4.69, 9.17) is 14.6 Å². The number of nitrogens with zero attached hydrogens (tertiary/aromatic N) is 1. The molecule has 22 heavy (non-hydrogen) atoms. The molecule has 1 rings (SSSR count). The average molecular weight is 315 g/mol. The van der Waals surface area contributed by atoms with E-state index in [1.54, 1.807) is 4.90 Å². The van der Waals surface area contributed by atoms with Crippen molar-refractivity contribution in [2.24, 2.45) is 0 Å². The Morgan fingerprint density at radius 2 is 2.00 bits per heavy atom. The number of carbonyl (C=O) groups excluding carboxylic acids is 1. The van der Waals surface area contributed by atoms with Crippen LogP contribution in [-0.4, -0.2) is 53.6 Å². The Bertz CT molecular complexity index is 340. The SMILES string of the molecule is CCC1(OCCCCCO)CCCN(C(=O)OC(C)(C)C)C1. The van der Waals surface area contributed by atoms with Crippen LogP contribution in [0.5, 0.6) is 0 Å². The monoisotopic (exact) mass is 315 g/mol. The van der Waals surface area contributed by atoms with Crippen molar-refractivity contribution >= 4 is 6.09 Å². The molecule has 5 nitrogen and oxygen atoms in total. The van der Waals surface area contributed by atoms with Gasteiger partial charge in [0.1, 0.15) is 5.60 Å². The van der Waals surface area contributed by atoms with Gasteiger partial charge in [-0.15, -0.1) is 0 Å². The first kappa shape index (κ1) is 19.2. The zero-order chi connectivity index (χ0) is 16.6. The van der Waals surface area contributed by atoms with Crippen LogP contribution in [0.4, 0.5) is 4.79 Å². The van der Waals surface area contributed by atoms with Gasteiger partial charge in [-0.1, -0.05) is 6.92 Å². The molecule has 0 aromatic carbocycles. The van der Waals surface area contributed by atoms with Gasteiger partial charge in [0, 0.05) is 19.8 Å². The van der Waals surface area contributed by atoms with Crippen LogP contribution in [0.2, 0.25) is 0 Å². The Kier molecular flexibility index (Phi) is 7.63. The molecule has 0 aromatic rings. The molecule has 1 amide bonds. The maximum Gasteiger partial charge on any atom is 0.410 e. The third kappa shape index (κ3) is 6.53. The largest absolute Gasteiger partial charge is 0.444 e. The highest BCUT2D eigenvalue weighted by atomic mass is 16.6. The van der Waals surface area contributed by atoms with Crippen LogP contribution < -0.4 is 0 Å². The van der Waals surface area contributed by atoms with Crippen LogP contribution in [-0.2, 0) is 9.47 Å². The third-order valence-electron chi connectivity index (χ3n) is 4.05. The van der Waals surface area contributed by atoms with E-state index in [9.17, 15) is 4.79 Å². The molecule has 1 heterocycles. The maximum atomic E-state index is 12.3. The molecule has 0 spiro atoms. The van der Waals surface area contributed by atoms with Gasteiger partial charge >= 0.3 is 6.09 Å². The lowest BCUT2D eigenvalue weighted by Gasteiger charge is -2.42. The lowest BCUT2D eigenvalue weighted by molar-refractivity contribution is -0.0941. The number of amides is 1. The second-order valence-electron chi connectivity index (χ2n) is 7.17. The van der Waals surface area contributed by atoms with Crippen LogP contribution in [0.25, 0.3) is 0 Å². The fourth-order valence-electron chi connectivity index (χ4n) is 2.77. The van der Waals surface area contributed by atoms with Crippen LogP contribution in [0, 0.1) is 0 Å². The number of ether oxygens (including phenoxy) is 2. The summed E-state index contributed by atoms with van der Waals surface area (Å²) < 4.78 is 11.6. The van der Waals surface area contributed by atoms with E-state index < -0.39 is 5.60 Å². The van der Waals surface area contributed by atoms with E-state index in [0.717, 1.165) is 45.1 Å². The number of carbonyl (C=O) groups is 1. The summed E-state index contributed by atoms with van der Waals surface area (Å²) in [5, 5.41) is 8.80. The normalized spacial score (nSPS) is 22.7. The summed E-state index contributed by atoms with van der Waals surface area (Å²) in [5.41, 5.74) is -0.705. The number of aliphatic hydroxyl groups is 1. The molecule has 0 saturated carbocycles. The van der Waals surface area contributed by atoms with Crippen molar-refractivity contribution in [3.05, 3.63) is 0 Å². The number of hydrogen-bond donors (Lipinski definition) is 1. The molecular weight excluding hydrogens is 282 g/mol. The Hall–Kier alpha value is -0.810. The molecule has 1 fully saturated rings. The van der Waals surface area contributed by atoms with Gasteiger partial charge in [-0.2, -0.15) is 0 Å². The highest BCUT2D eigenvalue weighted by Crippen LogP contribution is 2.29. The van der Waals surface area contributed by atoms with Crippen LogP contribution >= 0.6 is 0 Å². The first-order valence-electron chi connectivity index (χ1n) is 8.55. The van der Waals surface area contributed by atoms with Crippen molar-refractivity contribution in [2.75, 3.05) is 26.3 Å². The second-order valence-corrected chi connectivity index (χ2v) is 7.17. The summed E-state index contributed by atoms with van der Waals surface area (Å²) in [6.45, 7) is 10.1. The molecule has 0 aliphatic carbocycles. The summed E-state index contributed by atoms with van der Waals surface area (Å²) in [6, 6.07) is 0. The van der Waals surface area contributed by atoms with Crippen molar-refractivity contribution < 1.29 is 19.4 Å². The number of rotatable bonds is 7. The van der Waals surface area contributed by atoms with Crippen molar-refractivity contribution in [3.8, 4) is 0 Å². The number of aliphatic hydroxyl groups excluding tert-OH is 1. The summed E-state index contributed by atoms with van der Waals surface area (Å²) >= 11 is 0. The lowest BCUT2D eigenvalue weighted by Crippen LogP contribution is -2.52. The minimum Gasteiger partial charge on any atom is -0.444 e. The molecule has 1 atom stereocenters. The summed E-state index contributed by atoms with van der Waals surface area (Å²) in [4.78, 5) is 14.0. The van der Waals surface area contributed by atoms with Gasteiger partial charge < -0.3 is 19.5 Å². The van der Waals surface area contributed by atoms with Gasteiger partial charge in [0.15, 0.2) is 0 Å². The van der Waals surface area contributed by atoms with Crippen molar-refractivity contribution in [1.82, 2.24) is 4.90 Å². The molecule has 1 unspecified atom stereocenters. The average Bonchev–Trinajstić information content (AvgIpc) is 2.45. The molecule has 1 aliphatic rings. The molecular formula is C17H33NO4. The molecule has 0 radical (unpaired) electrons. The first-order valence-corrected chi connectivity index (χ1v) is 8.55. The van der Waals surface area contributed by atoms with E-state index >= 15 is 0 Å². The molecule has 0 bridgehead atoms. The van der Waals surface area contributed by atoms with E-state index in [1.165, 1.54) is 0 Å². The predicted octanol–water partition coefficient (Wildman–Crippen LogP) is 3.35. The van der Waals surface area contributed by atoms with Gasteiger partial charge in [-0.25, -0.2) is 4.79 Å². The van der Waals surface area contributed by atoms with Crippen molar-refractivity contribution in [2.45, 2.75) is 77.4 Å². The molecule has 0 aromatic heterocycles. The number of hydrogen-bond acceptors (Lipinski definition) is 4. The van der Waals surface area contributed by atoms with E-state index in [-0.39, 0.29) is 18.3 Å². The third-order valence-corrected chi connectivity index (χ3v) is 4.05. The van der Waals surface area contributed by atoms with E-state index in [0.29, 0.717) is 13.2 Å². The fourth-order valence-corrected chi connectivity index (χ4v) is 2.77. The smallest absolute Gasteiger partial charge is 0.410 e. The Morgan fingerprint density at radius 1 is 1.27 bits per heavy atom. The fraction of sp³-hybridized carbons (Fsp3) is 0.941. The van der Waals surface area contributed by atoms with Crippen molar-refractivity contribution in [1.29, 1.82) is 0 Å². The Morgan fingerprint density at radius 3 is 2.59 bits per heavy atom. The zero-order valence-electron chi connectivity index (χ0n) is 14.7. The van der Waals surface area contributed by atoms with Crippen molar-refractivity contribution in [3.63, 3.8) is 0 Å². The molecule has 1 aliphatic heterocycles. The second kappa shape index (κ2) is 8.73. The summed E-state index contributed by atoms with van der Waals surface area (Å²) in [5.74, 6) is 0. The summed E-state index contributed by atoms with van der Waals surface area (Å²) in [7, 11) is 0. The minimum absolute atomic E-state index is 0.241. The van der Waals surface area contributed by atoms with Gasteiger partial charge in [0.05, 0.1) is 12.1 Å². The predicted molar refractivity (Wildman–Crippen MR) is 87.0 cm³/mol. The zero-order valence-corrected chi connectivity index (χ0v) is 14.7. The molecule has 1 saturated heterocycles. The first-order chi connectivity index (χ1) is 10.3. The Balaban J connectivity index is 2.51. The van der Waals surface area contributed by atoms with Gasteiger partial charge in [0.2, 0.25) is 0 Å². The highest BCUT2D eigenvalue weighted by molar-refractivity contribution is 5.68. The quantitative estimate of drug-likeness (QED) is 0.732. The molecule has 130 valence electrons. The van der Waals surface area contributed by atoms with E-state index in [2.05, 4.69) is 6.92 Å². The van der Waals surface area contributed by atoms with E-state index in [1.807, 2.05) is 20.8 Å². The summed E-state index contributed by atoms with van der Waals surface area (Å²) in [6.07, 6.45) is 5.35. The topological polar surface area (TPSA) is 59.0 Å². The van der Waals surface area contributed by atoms with Crippen LogP contribution in [0.1, 0.15) is 66.2 Å². The maximum absolute atomic E-state index is 12.3. The number of unbranched alkanes of at least 4 members (excludes halogenated alkanes) is 2. The molecule has 5 heteroatoms. The number of likely N-dealkylation sites (tertiary alicyclic amines) is 1. The molecule has 1 N–H and O–H groups in total. The van der Waals surface area contributed by atoms with Crippen LogP contribution in [0.3, 0.4) is 0 Å². The standard InChI is InChI=1S/C17H33NO4/c1-5-17(21-13-8-6-7-12-19)10-9-11-18(14-17)15(20)22-16(2,3)4/h19H,5-14H2,1-4H3. The van der Waals surface area contributed by atoms with Crippen LogP contribution in [0.15, 0.2) is 0 Å².